The number of anilines is 1. The number of nitrogens with zero attached hydrogens (tertiary/aromatic N) is 2. The number of carbonyl (C=O) groups excluding carboxylic acids is 2. The van der Waals surface area contributed by atoms with E-state index in [9.17, 15) is 9.59 Å². The normalized spacial score (nSPS) is 13.3. The molecular weight excluding hydrogens is 398 g/mol. The summed E-state index contributed by atoms with van der Waals surface area (Å²) in [6, 6.07) is 14.6. The van der Waals surface area contributed by atoms with Gasteiger partial charge in [0.15, 0.2) is 0 Å². The van der Waals surface area contributed by atoms with E-state index in [-0.39, 0.29) is 11.8 Å². The zero-order valence-corrected chi connectivity index (χ0v) is 17.9. The monoisotopic (exact) mass is 421 g/mol. The zero-order chi connectivity index (χ0) is 21.3. The van der Waals surface area contributed by atoms with Gasteiger partial charge >= 0.3 is 0 Å². The Morgan fingerprint density at radius 3 is 2.47 bits per heavy atom. The summed E-state index contributed by atoms with van der Waals surface area (Å²) in [5.74, 6) is 0.118. The van der Waals surface area contributed by atoms with Gasteiger partial charge in [-0.2, -0.15) is 0 Å². The molecule has 3 aromatic rings. The molecule has 30 heavy (non-hydrogen) atoms. The Balaban J connectivity index is 1.62. The maximum absolute atomic E-state index is 13.1. The summed E-state index contributed by atoms with van der Waals surface area (Å²) >= 11 is 6.37. The number of halogens is 1. The summed E-state index contributed by atoms with van der Waals surface area (Å²) in [6.07, 6.45) is 2.23. The van der Waals surface area contributed by atoms with Crippen LogP contribution in [-0.2, 0) is 0 Å². The number of pyridine rings is 1. The Hall–Kier alpha value is -2.92. The summed E-state index contributed by atoms with van der Waals surface area (Å²) in [5.41, 5.74) is 3.38. The molecule has 4 rings (SSSR count). The van der Waals surface area contributed by atoms with Crippen LogP contribution in [0, 0.1) is 0 Å². The molecule has 1 heterocycles. The largest absolute Gasteiger partial charge is 0.339 e. The van der Waals surface area contributed by atoms with Crippen LogP contribution in [0.15, 0.2) is 48.5 Å². The fraction of sp³-hybridized carbons (Fsp3) is 0.292. The first-order valence-corrected chi connectivity index (χ1v) is 10.7. The second-order valence-corrected chi connectivity index (χ2v) is 7.92. The van der Waals surface area contributed by atoms with E-state index < -0.39 is 0 Å². The molecule has 0 saturated heterocycles. The summed E-state index contributed by atoms with van der Waals surface area (Å²) in [6.45, 7) is 5.09. The van der Waals surface area contributed by atoms with Gasteiger partial charge in [-0.15, -0.1) is 0 Å². The minimum absolute atomic E-state index is 0.114. The molecule has 0 aliphatic heterocycles. The number of carbonyl (C=O) groups is 2. The predicted molar refractivity (Wildman–Crippen MR) is 120 cm³/mol. The Morgan fingerprint density at radius 1 is 1.07 bits per heavy atom. The molecule has 1 aromatic heterocycles. The van der Waals surface area contributed by atoms with E-state index in [1.807, 2.05) is 44.2 Å². The van der Waals surface area contributed by atoms with Gasteiger partial charge in [0.25, 0.3) is 11.8 Å². The molecule has 154 valence electrons. The molecule has 2 aromatic carbocycles. The molecular formula is C24H24ClN3O2. The van der Waals surface area contributed by atoms with Crippen molar-refractivity contribution in [2.24, 2.45) is 0 Å². The first-order chi connectivity index (χ1) is 14.5. The maximum atomic E-state index is 13.1. The number of benzene rings is 2. The van der Waals surface area contributed by atoms with Gasteiger partial charge in [-0.3, -0.25) is 14.6 Å². The van der Waals surface area contributed by atoms with Crippen LogP contribution < -0.4 is 5.32 Å². The van der Waals surface area contributed by atoms with E-state index in [1.54, 1.807) is 23.1 Å². The van der Waals surface area contributed by atoms with Gasteiger partial charge in [-0.25, -0.2) is 0 Å². The lowest BCUT2D eigenvalue weighted by molar-refractivity contribution is 0.0773. The van der Waals surface area contributed by atoms with Crippen molar-refractivity contribution in [2.45, 2.75) is 32.6 Å². The first-order valence-electron chi connectivity index (χ1n) is 10.3. The van der Waals surface area contributed by atoms with Crippen LogP contribution in [-0.4, -0.2) is 34.8 Å². The molecule has 6 heteroatoms. The lowest BCUT2D eigenvalue weighted by atomic mass is 10.0. The van der Waals surface area contributed by atoms with Crippen LogP contribution in [0.1, 0.15) is 59.0 Å². The third-order valence-electron chi connectivity index (χ3n) is 5.48. The van der Waals surface area contributed by atoms with Crippen molar-refractivity contribution in [3.63, 3.8) is 0 Å². The van der Waals surface area contributed by atoms with Crippen LogP contribution in [0.25, 0.3) is 10.9 Å². The van der Waals surface area contributed by atoms with Crippen molar-refractivity contribution in [1.29, 1.82) is 0 Å². The number of fused-ring (bicyclic) bond motifs is 1. The van der Waals surface area contributed by atoms with Crippen molar-refractivity contribution < 1.29 is 9.59 Å². The lowest BCUT2D eigenvalue weighted by Gasteiger charge is -2.19. The molecule has 2 amide bonds. The molecule has 0 unspecified atom stereocenters. The molecule has 1 saturated carbocycles. The minimum Gasteiger partial charge on any atom is -0.339 e. The van der Waals surface area contributed by atoms with Gasteiger partial charge in [-0.1, -0.05) is 29.8 Å². The SMILES string of the molecule is CCN(CC)C(=O)c1ccc(NC(=O)c2cc(C3CC3)nc3ccccc23)cc1Cl. The molecule has 1 fully saturated rings. The highest BCUT2D eigenvalue weighted by Gasteiger charge is 2.27. The summed E-state index contributed by atoms with van der Waals surface area (Å²) in [5, 5.41) is 4.07. The highest BCUT2D eigenvalue weighted by atomic mass is 35.5. The zero-order valence-electron chi connectivity index (χ0n) is 17.1. The highest BCUT2D eigenvalue weighted by molar-refractivity contribution is 6.34. The van der Waals surface area contributed by atoms with E-state index in [2.05, 4.69) is 5.32 Å². The molecule has 1 aliphatic rings. The second kappa shape index (κ2) is 8.44. The van der Waals surface area contributed by atoms with Gasteiger partial charge in [0, 0.05) is 35.8 Å². The van der Waals surface area contributed by atoms with E-state index >= 15 is 0 Å². The Morgan fingerprint density at radius 2 is 1.80 bits per heavy atom. The summed E-state index contributed by atoms with van der Waals surface area (Å²) in [7, 11) is 0. The third kappa shape index (κ3) is 4.03. The van der Waals surface area contributed by atoms with E-state index in [0.29, 0.717) is 40.8 Å². The fourth-order valence-corrected chi connectivity index (χ4v) is 3.88. The van der Waals surface area contributed by atoms with Gasteiger partial charge in [0.05, 0.1) is 21.7 Å². The van der Waals surface area contributed by atoms with Crippen LogP contribution in [0.4, 0.5) is 5.69 Å². The van der Waals surface area contributed by atoms with Gasteiger partial charge in [-0.05, 0) is 57.0 Å². The van der Waals surface area contributed by atoms with Crippen LogP contribution in [0.3, 0.4) is 0 Å². The van der Waals surface area contributed by atoms with Crippen molar-refractivity contribution in [2.75, 3.05) is 18.4 Å². The average Bonchev–Trinajstić information content (AvgIpc) is 3.59. The quantitative estimate of drug-likeness (QED) is 0.571. The van der Waals surface area contributed by atoms with Crippen LogP contribution in [0.2, 0.25) is 5.02 Å². The molecule has 0 spiro atoms. The lowest BCUT2D eigenvalue weighted by Crippen LogP contribution is -2.30. The summed E-state index contributed by atoms with van der Waals surface area (Å²) in [4.78, 5) is 32.1. The first kappa shape index (κ1) is 20.4. The third-order valence-corrected chi connectivity index (χ3v) is 5.80. The standard InChI is InChI=1S/C24H24ClN3O2/c1-3-28(4-2)24(30)18-12-11-16(13-20(18)25)26-23(29)19-14-22(15-9-10-15)27-21-8-6-5-7-17(19)21/h5-8,11-15H,3-4,9-10H2,1-2H3,(H,26,29). The molecule has 1 aliphatic carbocycles. The number of nitrogens with one attached hydrogen (secondary N) is 1. The van der Waals surface area contributed by atoms with Crippen molar-refractivity contribution in [1.82, 2.24) is 9.88 Å². The van der Waals surface area contributed by atoms with Crippen LogP contribution in [0.5, 0.6) is 0 Å². The minimum atomic E-state index is -0.214. The second-order valence-electron chi connectivity index (χ2n) is 7.51. The Bertz CT molecular complexity index is 1120. The fourth-order valence-electron chi connectivity index (χ4n) is 3.62. The van der Waals surface area contributed by atoms with Gasteiger partial charge in [0.2, 0.25) is 0 Å². The number of aromatic nitrogens is 1. The number of hydrogen-bond donors (Lipinski definition) is 1. The Labute approximate surface area is 181 Å². The smallest absolute Gasteiger partial charge is 0.256 e. The molecule has 0 radical (unpaired) electrons. The molecule has 1 N–H and O–H groups in total. The van der Waals surface area contributed by atoms with E-state index in [0.717, 1.165) is 29.4 Å². The molecule has 0 atom stereocenters. The van der Waals surface area contributed by atoms with Gasteiger partial charge < -0.3 is 10.2 Å². The van der Waals surface area contributed by atoms with Gasteiger partial charge in [0.1, 0.15) is 0 Å². The topological polar surface area (TPSA) is 62.3 Å². The Kier molecular flexibility index (Phi) is 5.73. The number of amides is 2. The number of hydrogen-bond acceptors (Lipinski definition) is 3. The van der Waals surface area contributed by atoms with Crippen molar-refractivity contribution >= 4 is 40.0 Å². The van der Waals surface area contributed by atoms with E-state index in [1.165, 1.54) is 0 Å². The maximum Gasteiger partial charge on any atom is 0.256 e. The van der Waals surface area contributed by atoms with E-state index in [4.69, 9.17) is 16.6 Å². The number of para-hydroxylation sites is 1. The van der Waals surface area contributed by atoms with Crippen molar-refractivity contribution in [3.8, 4) is 0 Å². The highest BCUT2D eigenvalue weighted by Crippen LogP contribution is 2.40. The van der Waals surface area contributed by atoms with Crippen molar-refractivity contribution in [3.05, 3.63) is 70.4 Å². The summed E-state index contributed by atoms with van der Waals surface area (Å²) < 4.78 is 0. The molecule has 5 nitrogen and oxygen atoms in total. The molecule has 0 bridgehead atoms. The predicted octanol–water partition coefficient (Wildman–Crippen LogP) is 5.50. The number of rotatable bonds is 6. The average molecular weight is 422 g/mol. The van der Waals surface area contributed by atoms with Crippen LogP contribution >= 0.6 is 11.6 Å².